The Labute approximate surface area is 142 Å². The van der Waals surface area contributed by atoms with Crippen LogP contribution >= 0.6 is 0 Å². The van der Waals surface area contributed by atoms with E-state index < -0.39 is 0 Å². The lowest BCUT2D eigenvalue weighted by atomic mass is 10.1. The summed E-state index contributed by atoms with van der Waals surface area (Å²) < 4.78 is 2.26. The van der Waals surface area contributed by atoms with E-state index in [1.54, 1.807) is 6.20 Å². The molecule has 1 aromatic carbocycles. The van der Waals surface area contributed by atoms with Crippen molar-refractivity contribution in [2.45, 2.75) is 33.7 Å². The van der Waals surface area contributed by atoms with Gasteiger partial charge in [0.05, 0.1) is 16.7 Å². The number of hydrogen-bond donors (Lipinski definition) is 2. The molecule has 0 saturated heterocycles. The van der Waals surface area contributed by atoms with Crippen LogP contribution < -0.4 is 11.1 Å². The van der Waals surface area contributed by atoms with Crippen molar-refractivity contribution in [2.24, 2.45) is 5.73 Å². The monoisotopic (exact) mass is 324 g/mol. The van der Waals surface area contributed by atoms with Crippen LogP contribution in [0.4, 0.5) is 5.95 Å². The highest BCUT2D eigenvalue weighted by molar-refractivity contribution is 5.85. The lowest BCUT2D eigenvalue weighted by Gasteiger charge is -2.12. The van der Waals surface area contributed by atoms with Gasteiger partial charge in [-0.15, -0.1) is 0 Å². The molecule has 0 aliphatic heterocycles. The Morgan fingerprint density at radius 1 is 1.21 bits per heavy atom. The number of nitrogens with two attached hydrogens (primary N) is 1. The van der Waals surface area contributed by atoms with Gasteiger partial charge in [0.15, 0.2) is 0 Å². The molecule has 3 aromatic rings. The zero-order valence-corrected chi connectivity index (χ0v) is 14.7. The van der Waals surface area contributed by atoms with Crippen LogP contribution in [0.15, 0.2) is 24.4 Å². The van der Waals surface area contributed by atoms with Gasteiger partial charge in [-0.25, -0.2) is 15.0 Å². The first-order chi connectivity index (χ1) is 11.5. The molecule has 126 valence electrons. The van der Waals surface area contributed by atoms with Gasteiger partial charge in [-0.1, -0.05) is 0 Å². The summed E-state index contributed by atoms with van der Waals surface area (Å²) in [5.74, 6) is 1.64. The van der Waals surface area contributed by atoms with E-state index in [1.165, 1.54) is 0 Å². The molecule has 0 aliphatic carbocycles. The van der Waals surface area contributed by atoms with Gasteiger partial charge in [-0.2, -0.15) is 0 Å². The molecule has 3 rings (SSSR count). The Morgan fingerprint density at radius 3 is 2.71 bits per heavy atom. The van der Waals surface area contributed by atoms with Crippen LogP contribution in [-0.2, 0) is 0 Å². The average Bonchev–Trinajstić information content (AvgIpc) is 2.90. The number of benzene rings is 1. The smallest absolute Gasteiger partial charge is 0.223 e. The Bertz CT molecular complexity index is 865. The minimum atomic E-state index is 0.358. The van der Waals surface area contributed by atoms with Crippen LogP contribution in [0.25, 0.3) is 22.3 Å². The maximum atomic E-state index is 5.53. The van der Waals surface area contributed by atoms with E-state index in [-0.39, 0.29) is 0 Å². The van der Waals surface area contributed by atoms with Crippen molar-refractivity contribution in [2.75, 3.05) is 18.4 Å². The van der Waals surface area contributed by atoms with E-state index in [2.05, 4.69) is 59.7 Å². The van der Waals surface area contributed by atoms with E-state index in [1.807, 2.05) is 6.07 Å². The number of nitrogens with one attached hydrogen (secondary N) is 1. The number of anilines is 1. The fourth-order valence-electron chi connectivity index (χ4n) is 3.07. The van der Waals surface area contributed by atoms with Crippen LogP contribution in [0.3, 0.4) is 0 Å². The molecular weight excluding hydrogens is 300 g/mol. The zero-order chi connectivity index (χ0) is 17.3. The highest BCUT2D eigenvalue weighted by Gasteiger charge is 2.14. The summed E-state index contributed by atoms with van der Waals surface area (Å²) in [6.45, 7) is 9.70. The van der Waals surface area contributed by atoms with Crippen molar-refractivity contribution in [3.05, 3.63) is 35.8 Å². The predicted molar refractivity (Wildman–Crippen MR) is 98.2 cm³/mol. The van der Waals surface area contributed by atoms with Crippen LogP contribution in [0, 0.1) is 13.8 Å². The number of aromatic nitrogens is 4. The van der Waals surface area contributed by atoms with Gasteiger partial charge < -0.3 is 15.6 Å². The number of hydrogen-bond acceptors (Lipinski definition) is 5. The Balaban J connectivity index is 2.12. The van der Waals surface area contributed by atoms with Gasteiger partial charge in [-0.3, -0.25) is 0 Å². The van der Waals surface area contributed by atoms with Crippen molar-refractivity contribution in [1.82, 2.24) is 19.5 Å². The zero-order valence-electron chi connectivity index (χ0n) is 14.7. The van der Waals surface area contributed by atoms with Crippen LogP contribution in [0.1, 0.15) is 31.3 Å². The van der Waals surface area contributed by atoms with Crippen molar-refractivity contribution < 1.29 is 0 Å². The van der Waals surface area contributed by atoms with Gasteiger partial charge >= 0.3 is 0 Å². The molecule has 0 saturated carbocycles. The molecule has 0 aliphatic rings. The van der Waals surface area contributed by atoms with E-state index in [9.17, 15) is 0 Å². The fraction of sp³-hybridized carbons (Fsp3) is 0.389. The molecule has 0 bridgehead atoms. The van der Waals surface area contributed by atoms with Crippen LogP contribution in [-0.4, -0.2) is 32.6 Å². The molecule has 6 nitrogen and oxygen atoms in total. The van der Waals surface area contributed by atoms with Crippen molar-refractivity contribution in [1.29, 1.82) is 0 Å². The molecule has 0 fully saturated rings. The molecule has 0 radical (unpaired) electrons. The summed E-state index contributed by atoms with van der Waals surface area (Å²) in [7, 11) is 0. The highest BCUT2D eigenvalue weighted by Crippen LogP contribution is 2.29. The fourth-order valence-corrected chi connectivity index (χ4v) is 3.07. The Kier molecular flexibility index (Phi) is 4.49. The van der Waals surface area contributed by atoms with Crippen molar-refractivity contribution in [3.63, 3.8) is 0 Å². The molecule has 3 N–H and O–H groups in total. The summed E-state index contributed by atoms with van der Waals surface area (Å²) in [5, 5.41) is 3.13. The summed E-state index contributed by atoms with van der Waals surface area (Å²) in [4.78, 5) is 13.6. The Hall–Kier alpha value is -2.47. The number of fused-ring (bicyclic) bond motifs is 1. The third-order valence-electron chi connectivity index (χ3n) is 4.06. The summed E-state index contributed by atoms with van der Waals surface area (Å²) in [6.07, 6.45) is 1.77. The average molecular weight is 324 g/mol. The predicted octanol–water partition coefficient (Wildman–Crippen LogP) is 3.06. The number of nitrogens with zero attached hydrogens (tertiary/aromatic N) is 4. The topological polar surface area (TPSA) is 81.7 Å². The largest absolute Gasteiger partial charge is 0.353 e. The first-order valence-corrected chi connectivity index (χ1v) is 8.27. The van der Waals surface area contributed by atoms with Gasteiger partial charge in [0.2, 0.25) is 5.95 Å². The van der Waals surface area contributed by atoms with E-state index in [0.717, 1.165) is 33.7 Å². The van der Waals surface area contributed by atoms with Crippen molar-refractivity contribution >= 4 is 17.0 Å². The lowest BCUT2D eigenvalue weighted by molar-refractivity contribution is 0.600. The Morgan fingerprint density at radius 2 is 2.00 bits per heavy atom. The molecule has 0 amide bonds. The molecule has 2 heterocycles. The highest BCUT2D eigenvalue weighted by atomic mass is 15.1. The van der Waals surface area contributed by atoms with Gasteiger partial charge in [0.25, 0.3) is 0 Å². The van der Waals surface area contributed by atoms with Crippen LogP contribution in [0.5, 0.6) is 0 Å². The SMILES string of the molecule is Cc1cc(-c2ccnc(NCCN)n2)cc2c1nc(C)n2C(C)C. The second-order valence-corrected chi connectivity index (χ2v) is 6.26. The quantitative estimate of drug-likeness (QED) is 0.754. The number of aryl methyl sites for hydroxylation is 2. The summed E-state index contributed by atoms with van der Waals surface area (Å²) in [5.41, 5.74) is 10.8. The van der Waals surface area contributed by atoms with Gasteiger partial charge in [0, 0.05) is 30.9 Å². The standard InChI is InChI=1S/C18H24N6/c1-11(2)24-13(4)22-17-12(3)9-14(10-16(17)24)15-5-7-20-18(23-15)21-8-6-19/h5,7,9-11H,6,8,19H2,1-4H3,(H,20,21,23). The van der Waals surface area contributed by atoms with Gasteiger partial charge in [0.1, 0.15) is 5.82 Å². The molecule has 2 aromatic heterocycles. The molecule has 24 heavy (non-hydrogen) atoms. The first kappa shape index (κ1) is 16.4. The molecular formula is C18H24N6. The second kappa shape index (κ2) is 6.57. The minimum absolute atomic E-state index is 0.358. The summed E-state index contributed by atoms with van der Waals surface area (Å²) >= 11 is 0. The molecule has 0 spiro atoms. The number of rotatable bonds is 5. The summed E-state index contributed by atoms with van der Waals surface area (Å²) in [6, 6.07) is 6.58. The van der Waals surface area contributed by atoms with Crippen molar-refractivity contribution in [3.8, 4) is 11.3 Å². The third-order valence-corrected chi connectivity index (χ3v) is 4.06. The molecule has 0 unspecified atom stereocenters. The minimum Gasteiger partial charge on any atom is -0.353 e. The second-order valence-electron chi connectivity index (χ2n) is 6.26. The first-order valence-electron chi connectivity index (χ1n) is 8.27. The maximum absolute atomic E-state index is 5.53. The van der Waals surface area contributed by atoms with Gasteiger partial charge in [-0.05, 0) is 51.5 Å². The number of imidazole rings is 1. The normalized spacial score (nSPS) is 11.4. The van der Waals surface area contributed by atoms with Crippen LogP contribution in [0.2, 0.25) is 0 Å². The maximum Gasteiger partial charge on any atom is 0.223 e. The molecule has 6 heteroatoms. The lowest BCUT2D eigenvalue weighted by Crippen LogP contribution is -2.14. The molecule has 0 atom stereocenters. The van der Waals surface area contributed by atoms with E-state index in [4.69, 9.17) is 10.7 Å². The van der Waals surface area contributed by atoms with E-state index in [0.29, 0.717) is 25.1 Å². The third kappa shape index (κ3) is 2.97. The van der Waals surface area contributed by atoms with E-state index >= 15 is 0 Å².